The smallest absolute Gasteiger partial charge is 0.262 e. The molecule has 1 saturated heterocycles. The number of piperidine rings is 1. The van der Waals surface area contributed by atoms with Crippen LogP contribution in [0.1, 0.15) is 34.3 Å². The van der Waals surface area contributed by atoms with Crippen LogP contribution in [0.3, 0.4) is 0 Å². The van der Waals surface area contributed by atoms with E-state index in [-0.39, 0.29) is 16.8 Å². The number of aryl methyl sites for hydroxylation is 2. The maximum Gasteiger partial charge on any atom is 0.262 e. The van der Waals surface area contributed by atoms with Gasteiger partial charge in [0.2, 0.25) is 0 Å². The van der Waals surface area contributed by atoms with E-state index in [0.717, 1.165) is 31.5 Å². The molecule has 0 aliphatic carbocycles. The molecule has 0 radical (unpaired) electrons. The standard InChI is InChI=1S/C22H29N3O3S/c1-16-9-10-17(2)21(15-16)29(27,28)23-20-8-6-5-7-19(20)22(26)25(4)18-11-13-24(3)14-12-18/h5-10,15,18,23H,11-14H2,1-4H3. The van der Waals surface area contributed by atoms with E-state index in [1.165, 1.54) is 0 Å². The van der Waals surface area contributed by atoms with Crippen molar-refractivity contribution in [2.75, 3.05) is 31.9 Å². The summed E-state index contributed by atoms with van der Waals surface area (Å²) in [5.41, 5.74) is 2.19. The van der Waals surface area contributed by atoms with Gasteiger partial charge in [0.05, 0.1) is 16.1 Å². The minimum absolute atomic E-state index is 0.155. The molecule has 1 aliphatic heterocycles. The van der Waals surface area contributed by atoms with Crippen LogP contribution < -0.4 is 4.72 Å². The van der Waals surface area contributed by atoms with Crippen molar-refractivity contribution >= 4 is 21.6 Å². The molecule has 1 aliphatic rings. The van der Waals surface area contributed by atoms with Crippen molar-refractivity contribution in [3.8, 4) is 0 Å². The molecule has 0 atom stereocenters. The van der Waals surface area contributed by atoms with E-state index in [4.69, 9.17) is 0 Å². The van der Waals surface area contributed by atoms with E-state index in [0.29, 0.717) is 16.8 Å². The highest BCUT2D eigenvalue weighted by Gasteiger charge is 2.27. The Kier molecular flexibility index (Phi) is 6.29. The zero-order chi connectivity index (χ0) is 21.2. The van der Waals surface area contributed by atoms with Crippen molar-refractivity contribution in [3.63, 3.8) is 0 Å². The summed E-state index contributed by atoms with van der Waals surface area (Å²) in [5, 5.41) is 0. The van der Waals surface area contributed by atoms with Gasteiger partial charge < -0.3 is 9.80 Å². The van der Waals surface area contributed by atoms with E-state index >= 15 is 0 Å². The van der Waals surface area contributed by atoms with Crippen LogP contribution in [0.5, 0.6) is 0 Å². The number of para-hydroxylation sites is 1. The fourth-order valence-corrected chi connectivity index (χ4v) is 5.10. The van der Waals surface area contributed by atoms with Crippen LogP contribution in [-0.4, -0.2) is 57.4 Å². The third-order valence-electron chi connectivity index (χ3n) is 5.59. The second-order valence-electron chi connectivity index (χ2n) is 7.87. The minimum atomic E-state index is -3.81. The summed E-state index contributed by atoms with van der Waals surface area (Å²) in [6, 6.07) is 12.3. The third-order valence-corrected chi connectivity index (χ3v) is 7.10. The first-order chi connectivity index (χ1) is 13.7. The highest BCUT2D eigenvalue weighted by Crippen LogP contribution is 2.25. The molecule has 2 aromatic carbocycles. The van der Waals surface area contributed by atoms with Gasteiger partial charge in [-0.15, -0.1) is 0 Å². The number of nitrogens with zero attached hydrogens (tertiary/aromatic N) is 2. The van der Waals surface area contributed by atoms with Crippen molar-refractivity contribution in [1.29, 1.82) is 0 Å². The average Bonchev–Trinajstić information content (AvgIpc) is 2.69. The predicted octanol–water partition coefficient (Wildman–Crippen LogP) is 3.27. The van der Waals surface area contributed by atoms with Gasteiger partial charge in [-0.3, -0.25) is 9.52 Å². The van der Waals surface area contributed by atoms with Gasteiger partial charge in [0.1, 0.15) is 0 Å². The molecule has 29 heavy (non-hydrogen) atoms. The number of likely N-dealkylation sites (tertiary alicyclic amines) is 1. The van der Waals surface area contributed by atoms with Gasteiger partial charge in [0.25, 0.3) is 15.9 Å². The van der Waals surface area contributed by atoms with Gasteiger partial charge in [0, 0.05) is 13.1 Å². The monoisotopic (exact) mass is 415 g/mol. The number of hydrogen-bond acceptors (Lipinski definition) is 4. The minimum Gasteiger partial charge on any atom is -0.339 e. The van der Waals surface area contributed by atoms with Gasteiger partial charge >= 0.3 is 0 Å². The summed E-state index contributed by atoms with van der Waals surface area (Å²) in [6.45, 7) is 5.51. The van der Waals surface area contributed by atoms with E-state index in [1.54, 1.807) is 55.3 Å². The van der Waals surface area contributed by atoms with E-state index in [2.05, 4.69) is 16.7 Å². The summed E-state index contributed by atoms with van der Waals surface area (Å²) in [6.07, 6.45) is 1.82. The molecule has 3 rings (SSSR count). The predicted molar refractivity (Wildman–Crippen MR) is 116 cm³/mol. The van der Waals surface area contributed by atoms with Crippen LogP contribution in [0.2, 0.25) is 0 Å². The SMILES string of the molecule is Cc1ccc(C)c(S(=O)(=O)Nc2ccccc2C(=O)N(C)C2CCN(C)CC2)c1. The molecule has 0 aromatic heterocycles. The van der Waals surface area contributed by atoms with Crippen LogP contribution in [0.25, 0.3) is 0 Å². The highest BCUT2D eigenvalue weighted by molar-refractivity contribution is 7.92. The van der Waals surface area contributed by atoms with Gasteiger partial charge in [-0.2, -0.15) is 0 Å². The maximum atomic E-state index is 13.2. The van der Waals surface area contributed by atoms with Gasteiger partial charge in [0.15, 0.2) is 0 Å². The molecule has 0 unspecified atom stereocenters. The molecule has 0 bridgehead atoms. The number of sulfonamides is 1. The largest absolute Gasteiger partial charge is 0.339 e. The molecule has 1 amide bonds. The third kappa shape index (κ3) is 4.79. The average molecular weight is 416 g/mol. The number of carbonyl (C=O) groups is 1. The Morgan fingerprint density at radius 2 is 1.76 bits per heavy atom. The van der Waals surface area contributed by atoms with Crippen LogP contribution >= 0.6 is 0 Å². The number of amides is 1. The lowest BCUT2D eigenvalue weighted by Crippen LogP contribution is -2.44. The molecule has 2 aromatic rings. The lowest BCUT2D eigenvalue weighted by molar-refractivity contribution is 0.0660. The normalized spacial score (nSPS) is 15.9. The summed E-state index contributed by atoms with van der Waals surface area (Å²) >= 11 is 0. The van der Waals surface area contributed by atoms with Crippen LogP contribution in [0, 0.1) is 13.8 Å². The van der Waals surface area contributed by atoms with Crippen molar-refractivity contribution in [2.24, 2.45) is 0 Å². The second-order valence-corrected chi connectivity index (χ2v) is 9.52. The summed E-state index contributed by atoms with van der Waals surface area (Å²) in [4.78, 5) is 17.4. The van der Waals surface area contributed by atoms with E-state index in [1.807, 2.05) is 13.0 Å². The topological polar surface area (TPSA) is 69.7 Å². The van der Waals surface area contributed by atoms with Gasteiger partial charge in [-0.25, -0.2) is 8.42 Å². The Labute approximate surface area is 173 Å². The lowest BCUT2D eigenvalue weighted by Gasteiger charge is -2.35. The number of carbonyl (C=O) groups excluding carboxylic acids is 1. The van der Waals surface area contributed by atoms with Crippen molar-refractivity contribution in [3.05, 3.63) is 59.2 Å². The fraction of sp³-hybridized carbons (Fsp3) is 0.409. The molecule has 1 N–H and O–H groups in total. The number of anilines is 1. The zero-order valence-electron chi connectivity index (χ0n) is 17.5. The van der Waals surface area contributed by atoms with E-state index in [9.17, 15) is 13.2 Å². The highest BCUT2D eigenvalue weighted by atomic mass is 32.2. The Balaban J connectivity index is 1.87. The first kappa shape index (κ1) is 21.3. The lowest BCUT2D eigenvalue weighted by atomic mass is 10.0. The van der Waals surface area contributed by atoms with Crippen molar-refractivity contribution in [1.82, 2.24) is 9.80 Å². The molecule has 6 nitrogen and oxygen atoms in total. The molecular formula is C22H29N3O3S. The van der Waals surface area contributed by atoms with Gasteiger partial charge in [-0.1, -0.05) is 24.3 Å². The number of hydrogen-bond donors (Lipinski definition) is 1. The first-order valence-corrected chi connectivity index (χ1v) is 11.3. The van der Waals surface area contributed by atoms with Crippen molar-refractivity contribution in [2.45, 2.75) is 37.6 Å². The molecule has 1 fully saturated rings. The van der Waals surface area contributed by atoms with Gasteiger partial charge in [-0.05, 0) is 76.2 Å². The number of nitrogens with one attached hydrogen (secondary N) is 1. The van der Waals surface area contributed by atoms with E-state index < -0.39 is 10.0 Å². The Morgan fingerprint density at radius 3 is 2.45 bits per heavy atom. The Bertz CT molecular complexity index is 996. The molecule has 1 heterocycles. The zero-order valence-corrected chi connectivity index (χ0v) is 18.3. The first-order valence-electron chi connectivity index (χ1n) is 9.84. The molecule has 156 valence electrons. The molecular weight excluding hydrogens is 386 g/mol. The Morgan fingerprint density at radius 1 is 1.10 bits per heavy atom. The summed E-state index contributed by atoms with van der Waals surface area (Å²) in [7, 11) is 0.0709. The van der Waals surface area contributed by atoms with Crippen LogP contribution in [0.4, 0.5) is 5.69 Å². The number of rotatable bonds is 5. The summed E-state index contributed by atoms with van der Waals surface area (Å²) in [5.74, 6) is -0.168. The second kappa shape index (κ2) is 8.55. The maximum absolute atomic E-state index is 13.2. The Hall–Kier alpha value is -2.38. The van der Waals surface area contributed by atoms with Crippen LogP contribution in [-0.2, 0) is 10.0 Å². The molecule has 7 heteroatoms. The van der Waals surface area contributed by atoms with Crippen molar-refractivity contribution < 1.29 is 13.2 Å². The fourth-order valence-electron chi connectivity index (χ4n) is 3.69. The molecule has 0 saturated carbocycles. The molecule has 0 spiro atoms. The number of benzene rings is 2. The summed E-state index contributed by atoms with van der Waals surface area (Å²) < 4.78 is 28.7. The van der Waals surface area contributed by atoms with Crippen LogP contribution in [0.15, 0.2) is 47.4 Å². The quantitative estimate of drug-likeness (QED) is 0.814.